The summed E-state index contributed by atoms with van der Waals surface area (Å²) < 4.78 is 5.61. The van der Waals surface area contributed by atoms with Crippen molar-refractivity contribution in [1.82, 2.24) is 9.97 Å². The van der Waals surface area contributed by atoms with Crippen molar-refractivity contribution in [3.8, 4) is 0 Å². The van der Waals surface area contributed by atoms with E-state index in [0.717, 1.165) is 17.3 Å². The molecule has 1 aliphatic heterocycles. The molecule has 8 nitrogen and oxygen atoms in total. The summed E-state index contributed by atoms with van der Waals surface area (Å²) in [5, 5.41) is 3.70. The number of hydrogen-bond acceptors (Lipinski definition) is 7. The minimum Gasteiger partial charge on any atom is -0.453 e. The molecule has 0 saturated carbocycles. The van der Waals surface area contributed by atoms with E-state index in [1.165, 1.54) is 6.33 Å². The van der Waals surface area contributed by atoms with E-state index >= 15 is 0 Å². The Kier molecular flexibility index (Phi) is 6.82. The number of fused-ring (bicyclic) bond motifs is 1. The van der Waals surface area contributed by atoms with Gasteiger partial charge in [-0.2, -0.15) is 0 Å². The third-order valence-corrected chi connectivity index (χ3v) is 6.09. The van der Waals surface area contributed by atoms with Crippen molar-refractivity contribution in [2.75, 3.05) is 16.8 Å². The van der Waals surface area contributed by atoms with E-state index in [1.54, 1.807) is 31.2 Å². The number of carbonyl (C=O) groups is 3. The van der Waals surface area contributed by atoms with Crippen LogP contribution in [0.4, 0.5) is 11.5 Å². The number of aromatic nitrogens is 2. The Labute approximate surface area is 204 Å². The summed E-state index contributed by atoms with van der Waals surface area (Å²) in [6, 6.07) is 13.7. The molecule has 2 heterocycles. The minimum absolute atomic E-state index is 0.114. The molecule has 8 heteroatoms. The van der Waals surface area contributed by atoms with Crippen LogP contribution >= 0.6 is 0 Å². The second-order valence-corrected chi connectivity index (χ2v) is 9.79. The summed E-state index contributed by atoms with van der Waals surface area (Å²) in [5.74, 6) is -0.164. The Bertz CT molecular complexity index is 1240. The summed E-state index contributed by atoms with van der Waals surface area (Å²) in [7, 11) is 0. The van der Waals surface area contributed by atoms with Gasteiger partial charge < -0.3 is 15.0 Å². The van der Waals surface area contributed by atoms with Crippen molar-refractivity contribution in [3.63, 3.8) is 0 Å². The Balaban J connectivity index is 1.43. The minimum atomic E-state index is -0.942. The average molecular weight is 475 g/mol. The lowest BCUT2D eigenvalue weighted by Crippen LogP contribution is -2.40. The van der Waals surface area contributed by atoms with Crippen molar-refractivity contribution in [2.45, 2.75) is 52.7 Å². The lowest BCUT2D eigenvalue weighted by Gasteiger charge is -2.26. The third-order valence-electron chi connectivity index (χ3n) is 6.09. The van der Waals surface area contributed by atoms with Gasteiger partial charge in [-0.1, -0.05) is 32.9 Å². The smallest absolute Gasteiger partial charge is 0.329 e. The standard InChI is InChI=1S/C27H30N4O4/c1-17(23(32)18-11-13-19(14-12-18)30-26(34)27(2,3)4)35-25(33)22-10-7-15-31(22)24-20-8-5-6-9-21(20)28-16-29-24/h5-6,8-9,11-14,16-17,22H,7,10,15H2,1-4H3,(H,30,34). The van der Waals surface area contributed by atoms with Crippen molar-refractivity contribution >= 4 is 40.1 Å². The number of nitrogens with one attached hydrogen (secondary N) is 1. The fraction of sp³-hybridized carbons (Fsp3) is 0.370. The molecule has 0 aliphatic carbocycles. The maximum absolute atomic E-state index is 13.1. The Morgan fingerprint density at radius 2 is 1.77 bits per heavy atom. The van der Waals surface area contributed by atoms with Crippen molar-refractivity contribution < 1.29 is 19.1 Å². The third kappa shape index (κ3) is 5.31. The van der Waals surface area contributed by atoms with E-state index < -0.39 is 23.5 Å². The van der Waals surface area contributed by atoms with E-state index in [0.29, 0.717) is 30.0 Å². The number of amides is 1. The maximum Gasteiger partial charge on any atom is 0.329 e. The lowest BCUT2D eigenvalue weighted by molar-refractivity contribution is -0.147. The predicted molar refractivity (Wildman–Crippen MR) is 134 cm³/mol. The summed E-state index contributed by atoms with van der Waals surface area (Å²) in [5.41, 5.74) is 1.29. The van der Waals surface area contributed by atoms with Gasteiger partial charge in [0, 0.05) is 28.6 Å². The van der Waals surface area contributed by atoms with Gasteiger partial charge in [-0.15, -0.1) is 0 Å². The van der Waals surface area contributed by atoms with E-state index in [9.17, 15) is 14.4 Å². The number of rotatable bonds is 6. The molecule has 1 aromatic heterocycles. The summed E-state index contributed by atoms with van der Waals surface area (Å²) in [4.78, 5) is 48.8. The van der Waals surface area contributed by atoms with Crippen LogP contribution in [0.1, 0.15) is 50.9 Å². The number of carbonyl (C=O) groups excluding carboxylic acids is 3. The number of Topliss-reactive ketones (excluding diaryl/α,β-unsaturated/α-hetero) is 1. The number of benzene rings is 2. The number of hydrogen-bond donors (Lipinski definition) is 1. The molecular formula is C27H30N4O4. The van der Waals surface area contributed by atoms with Gasteiger partial charge in [0.05, 0.1) is 5.52 Å². The topological polar surface area (TPSA) is 101 Å². The molecule has 0 spiro atoms. The molecule has 35 heavy (non-hydrogen) atoms. The van der Waals surface area contributed by atoms with Crippen molar-refractivity contribution in [2.24, 2.45) is 5.41 Å². The van der Waals surface area contributed by atoms with Gasteiger partial charge in [0.2, 0.25) is 11.7 Å². The average Bonchev–Trinajstić information content (AvgIpc) is 3.33. The summed E-state index contributed by atoms with van der Waals surface area (Å²) in [6.07, 6.45) is 2.00. The first-order valence-electron chi connectivity index (χ1n) is 11.8. The SMILES string of the molecule is CC(OC(=O)C1CCCN1c1ncnc2ccccc12)C(=O)c1ccc(NC(=O)C(C)(C)C)cc1. The maximum atomic E-state index is 13.1. The first-order valence-corrected chi connectivity index (χ1v) is 11.8. The highest BCUT2D eigenvalue weighted by Crippen LogP contribution is 2.30. The van der Waals surface area contributed by atoms with Crippen LogP contribution in [0.25, 0.3) is 10.9 Å². The van der Waals surface area contributed by atoms with E-state index in [2.05, 4.69) is 15.3 Å². The van der Waals surface area contributed by atoms with Gasteiger partial charge in [-0.3, -0.25) is 9.59 Å². The molecule has 1 N–H and O–H groups in total. The molecule has 4 rings (SSSR count). The van der Waals surface area contributed by atoms with Gasteiger partial charge in [-0.05, 0) is 56.2 Å². The highest BCUT2D eigenvalue weighted by atomic mass is 16.5. The first-order chi connectivity index (χ1) is 16.6. The molecule has 0 radical (unpaired) electrons. The zero-order valence-corrected chi connectivity index (χ0v) is 20.4. The van der Waals surface area contributed by atoms with Crippen molar-refractivity contribution in [1.29, 1.82) is 0 Å². The molecule has 2 aromatic carbocycles. The van der Waals surface area contributed by atoms with Crippen LogP contribution in [-0.2, 0) is 14.3 Å². The van der Waals surface area contributed by atoms with Crippen LogP contribution in [0.15, 0.2) is 54.9 Å². The Hall–Kier alpha value is -3.81. The number of esters is 1. The van der Waals surface area contributed by atoms with Gasteiger partial charge >= 0.3 is 5.97 Å². The van der Waals surface area contributed by atoms with E-state index in [-0.39, 0.29) is 11.7 Å². The van der Waals surface area contributed by atoms with Gasteiger partial charge in [0.1, 0.15) is 18.2 Å². The molecule has 1 amide bonds. The second-order valence-electron chi connectivity index (χ2n) is 9.79. The molecular weight excluding hydrogens is 444 g/mol. The molecule has 1 aliphatic rings. The molecule has 3 aromatic rings. The zero-order chi connectivity index (χ0) is 25.2. The van der Waals surface area contributed by atoms with Gasteiger partial charge in [-0.25, -0.2) is 14.8 Å². The molecule has 2 atom stereocenters. The molecule has 2 unspecified atom stereocenters. The number of ether oxygens (including phenoxy) is 1. The highest BCUT2D eigenvalue weighted by molar-refractivity contribution is 6.01. The lowest BCUT2D eigenvalue weighted by atomic mass is 9.95. The van der Waals surface area contributed by atoms with E-state index in [4.69, 9.17) is 4.74 Å². The monoisotopic (exact) mass is 474 g/mol. The molecule has 0 bridgehead atoms. The summed E-state index contributed by atoms with van der Waals surface area (Å²) in [6.45, 7) is 7.73. The Morgan fingerprint density at radius 1 is 1.06 bits per heavy atom. The molecule has 1 fully saturated rings. The number of ketones is 1. The van der Waals surface area contributed by atoms with Gasteiger partial charge in [0.25, 0.3) is 0 Å². The van der Waals surface area contributed by atoms with Gasteiger partial charge in [0.15, 0.2) is 6.10 Å². The Morgan fingerprint density at radius 3 is 2.49 bits per heavy atom. The number of para-hydroxylation sites is 1. The second kappa shape index (κ2) is 9.82. The fourth-order valence-electron chi connectivity index (χ4n) is 4.06. The van der Waals surface area contributed by atoms with Crippen LogP contribution in [0.5, 0.6) is 0 Å². The van der Waals surface area contributed by atoms with Crippen molar-refractivity contribution in [3.05, 3.63) is 60.4 Å². The van der Waals surface area contributed by atoms with E-state index in [1.807, 2.05) is 49.9 Å². The van der Waals surface area contributed by atoms with Crippen LogP contribution in [0, 0.1) is 5.41 Å². The molecule has 182 valence electrons. The quantitative estimate of drug-likeness (QED) is 0.417. The van der Waals surface area contributed by atoms with Crippen LogP contribution in [0.2, 0.25) is 0 Å². The van der Waals surface area contributed by atoms with Crippen LogP contribution in [0.3, 0.4) is 0 Å². The zero-order valence-electron chi connectivity index (χ0n) is 20.4. The largest absolute Gasteiger partial charge is 0.453 e. The number of anilines is 2. The fourth-order valence-corrected chi connectivity index (χ4v) is 4.06. The predicted octanol–water partition coefficient (Wildman–Crippen LogP) is 4.40. The molecule has 1 saturated heterocycles. The summed E-state index contributed by atoms with van der Waals surface area (Å²) >= 11 is 0. The van der Waals surface area contributed by atoms with Crippen LogP contribution < -0.4 is 10.2 Å². The highest BCUT2D eigenvalue weighted by Gasteiger charge is 2.35. The van der Waals surface area contributed by atoms with Crippen LogP contribution in [-0.4, -0.2) is 46.3 Å². The normalized spacial score (nSPS) is 16.7. The first kappa shape index (κ1) is 24.3. The number of nitrogens with zero attached hydrogens (tertiary/aromatic N) is 3.